The summed E-state index contributed by atoms with van der Waals surface area (Å²) in [5, 5.41) is 44.3. The van der Waals surface area contributed by atoms with Gasteiger partial charge in [0.25, 0.3) is 0 Å². The zero-order valence-electron chi connectivity index (χ0n) is 32.5. The Hall–Kier alpha value is -1.79. The number of cyclic esters (lactones) is 1. The molecule has 2 heterocycles. The first-order valence-electron chi connectivity index (χ1n) is 19.0. The van der Waals surface area contributed by atoms with Gasteiger partial charge in [-0.05, 0) is 106 Å². The molecule has 300 valence electrons. The van der Waals surface area contributed by atoms with Crippen molar-refractivity contribution < 1.29 is 44.2 Å². The molecule has 3 unspecified atom stereocenters. The molecule has 1 aromatic rings. The third kappa shape index (κ3) is 13.4. The fourth-order valence-corrected chi connectivity index (χ4v) is 7.87. The Kier molecular flexibility index (Phi) is 19.0. The molecule has 12 atom stereocenters. The zero-order chi connectivity index (χ0) is 39.4. The highest BCUT2D eigenvalue weighted by Gasteiger charge is 2.47. The molecule has 0 aliphatic carbocycles. The predicted molar refractivity (Wildman–Crippen MR) is 213 cm³/mol. The van der Waals surface area contributed by atoms with Crippen molar-refractivity contribution in [1.82, 2.24) is 9.80 Å². The number of aliphatic hydroxyl groups is 4. The van der Waals surface area contributed by atoms with E-state index in [0.29, 0.717) is 45.4 Å². The minimum absolute atomic E-state index is 0.0862. The fourth-order valence-electron chi connectivity index (χ4n) is 7.51. The van der Waals surface area contributed by atoms with Gasteiger partial charge in [0, 0.05) is 41.0 Å². The summed E-state index contributed by atoms with van der Waals surface area (Å²) in [6.07, 6.45) is -0.566. The van der Waals surface area contributed by atoms with E-state index in [1.807, 2.05) is 26.8 Å². The number of ether oxygens (including phenoxy) is 3. The van der Waals surface area contributed by atoms with Crippen LogP contribution in [-0.4, -0.2) is 131 Å². The van der Waals surface area contributed by atoms with Crippen molar-refractivity contribution in [3.8, 4) is 0 Å². The van der Waals surface area contributed by atoms with E-state index in [1.165, 1.54) is 0 Å². The zero-order valence-corrected chi connectivity index (χ0v) is 34.7. The van der Waals surface area contributed by atoms with Gasteiger partial charge in [-0.3, -0.25) is 14.5 Å². The van der Waals surface area contributed by atoms with E-state index >= 15 is 0 Å². The highest BCUT2D eigenvalue weighted by atomic mass is 127. The molecule has 0 bridgehead atoms. The van der Waals surface area contributed by atoms with E-state index in [0.717, 1.165) is 14.7 Å². The van der Waals surface area contributed by atoms with E-state index < -0.39 is 72.7 Å². The van der Waals surface area contributed by atoms with E-state index in [2.05, 4.69) is 51.8 Å². The third-order valence-electron chi connectivity index (χ3n) is 10.7. The number of likely N-dealkylation sites (N-methyl/N-ethyl adjacent to an activating group) is 1. The Morgan fingerprint density at radius 2 is 1.70 bits per heavy atom. The lowest BCUT2D eigenvalue weighted by molar-refractivity contribution is -0.304. The van der Waals surface area contributed by atoms with Crippen LogP contribution in [0.4, 0.5) is 0 Å². The van der Waals surface area contributed by atoms with Crippen LogP contribution in [0.15, 0.2) is 48.1 Å². The van der Waals surface area contributed by atoms with Gasteiger partial charge in [0.1, 0.15) is 12.2 Å². The molecule has 2 aliphatic rings. The summed E-state index contributed by atoms with van der Waals surface area (Å²) in [6, 6.07) is 7.62. The van der Waals surface area contributed by atoms with Crippen LogP contribution in [0.25, 0.3) is 0 Å². The Morgan fingerprint density at radius 1 is 1.02 bits per heavy atom. The number of allylic oxidation sites excluding steroid dienone is 3. The molecular weight excluding hydrogens is 793 g/mol. The molecule has 0 amide bonds. The van der Waals surface area contributed by atoms with Crippen LogP contribution in [0.1, 0.15) is 65.9 Å². The maximum absolute atomic E-state index is 13.7. The van der Waals surface area contributed by atoms with Crippen molar-refractivity contribution in [1.29, 1.82) is 0 Å². The maximum atomic E-state index is 13.7. The SMILES string of the molecule is CC[C@H]1OC(=O)C[C@@H](O)[C@H](C)[C@@H](O[C@@H]2O[C@H](C)C(O)C(N(C)C)C2O)[C@@H](CCN(CCN)Cc2ccc(I)cc2)C[C@@H](C)C(=O)/C=C/C(C)=C/[C@@H]1CO. The van der Waals surface area contributed by atoms with Gasteiger partial charge in [-0.25, -0.2) is 0 Å². The average Bonchev–Trinajstić information content (AvgIpc) is 3.11. The molecule has 0 saturated carbocycles. The number of hydrogen-bond donors (Lipinski definition) is 5. The van der Waals surface area contributed by atoms with E-state index in [9.17, 15) is 30.0 Å². The number of esters is 1. The van der Waals surface area contributed by atoms with Gasteiger partial charge >= 0.3 is 5.97 Å². The second-order valence-corrected chi connectivity index (χ2v) is 16.4. The third-order valence-corrected chi connectivity index (χ3v) is 11.5. The molecule has 2 aliphatic heterocycles. The molecule has 1 fully saturated rings. The van der Waals surface area contributed by atoms with Gasteiger partial charge in [0.05, 0.1) is 43.5 Å². The monoisotopic (exact) mass is 857 g/mol. The Labute approximate surface area is 329 Å². The van der Waals surface area contributed by atoms with Crippen molar-refractivity contribution in [2.75, 3.05) is 40.3 Å². The fraction of sp³-hybridized carbons (Fsp3) is 0.700. The normalized spacial score (nSPS) is 35.6. The number of carbonyl (C=O) groups is 2. The van der Waals surface area contributed by atoms with Crippen molar-refractivity contribution in [2.24, 2.45) is 29.4 Å². The molecule has 6 N–H and O–H groups in total. The molecule has 12 nitrogen and oxygen atoms in total. The number of hydrogen-bond acceptors (Lipinski definition) is 12. The first kappa shape index (κ1) is 45.6. The molecule has 0 spiro atoms. The lowest BCUT2D eigenvalue weighted by Crippen LogP contribution is -2.63. The van der Waals surface area contributed by atoms with Gasteiger partial charge in [-0.2, -0.15) is 0 Å². The number of aliphatic hydroxyl groups excluding tert-OH is 4. The largest absolute Gasteiger partial charge is 0.462 e. The standard InChI is InChI=1S/C40H64IN3O9/c1-8-34-30(23-45)19-24(2)9-14-32(46)25(3)20-29(15-17-44(18-16-42)22-28-10-12-31(41)13-11-28)39(26(4)33(47)21-35(48)52-34)53-40-38(50)36(43(6)7)37(49)27(5)51-40/h9-14,19,25-27,29-30,33-34,36-40,45,47,49-50H,8,15-18,20-23,42H2,1-7H3/b14-9+,24-19+/t25-,26+,27-,29+,30-,33-,34-,36?,37?,38?,39-,40+/m1/s1. The average molecular weight is 858 g/mol. The van der Waals surface area contributed by atoms with Crippen LogP contribution < -0.4 is 5.73 Å². The molecule has 0 aromatic heterocycles. The summed E-state index contributed by atoms with van der Waals surface area (Å²) in [5.74, 6) is -2.65. The van der Waals surface area contributed by atoms with Gasteiger partial charge in [-0.1, -0.05) is 50.6 Å². The molecule has 1 aromatic carbocycles. The minimum atomic E-state index is -1.24. The highest BCUT2D eigenvalue weighted by molar-refractivity contribution is 14.1. The lowest BCUT2D eigenvalue weighted by atomic mass is 9.79. The summed E-state index contributed by atoms with van der Waals surface area (Å²) in [4.78, 5) is 31.0. The predicted octanol–water partition coefficient (Wildman–Crippen LogP) is 3.27. The quantitative estimate of drug-likeness (QED) is 0.154. The van der Waals surface area contributed by atoms with Crippen LogP contribution >= 0.6 is 22.6 Å². The molecule has 3 rings (SSSR count). The lowest BCUT2D eigenvalue weighted by Gasteiger charge is -2.46. The summed E-state index contributed by atoms with van der Waals surface area (Å²) in [5.41, 5.74) is 7.96. The second-order valence-electron chi connectivity index (χ2n) is 15.2. The molecular formula is C40H64IN3O9. The van der Waals surface area contributed by atoms with Gasteiger partial charge in [0.2, 0.25) is 0 Å². The Morgan fingerprint density at radius 3 is 2.30 bits per heavy atom. The van der Waals surface area contributed by atoms with E-state index in [1.54, 1.807) is 45.0 Å². The summed E-state index contributed by atoms with van der Waals surface area (Å²) in [7, 11) is 3.53. The van der Waals surface area contributed by atoms with Crippen molar-refractivity contribution in [3.63, 3.8) is 0 Å². The smallest absolute Gasteiger partial charge is 0.308 e. The number of nitrogens with two attached hydrogens (primary N) is 1. The van der Waals surface area contributed by atoms with Crippen LogP contribution in [0, 0.1) is 27.2 Å². The number of nitrogens with zero attached hydrogens (tertiary/aromatic N) is 2. The Bertz CT molecular complexity index is 1340. The van der Waals surface area contributed by atoms with Crippen molar-refractivity contribution in [2.45, 2.75) is 116 Å². The summed E-state index contributed by atoms with van der Waals surface area (Å²) >= 11 is 2.28. The molecule has 53 heavy (non-hydrogen) atoms. The number of benzene rings is 1. The molecule has 13 heteroatoms. The van der Waals surface area contributed by atoms with Crippen LogP contribution in [0.3, 0.4) is 0 Å². The highest BCUT2D eigenvalue weighted by Crippen LogP contribution is 2.35. The first-order chi connectivity index (χ1) is 25.1. The van der Waals surface area contributed by atoms with Gasteiger partial charge in [0.15, 0.2) is 12.1 Å². The topological polar surface area (TPSA) is 175 Å². The van der Waals surface area contributed by atoms with Gasteiger partial charge in [-0.15, -0.1) is 0 Å². The van der Waals surface area contributed by atoms with Crippen LogP contribution in [0.2, 0.25) is 0 Å². The minimum Gasteiger partial charge on any atom is -0.462 e. The van der Waals surface area contributed by atoms with Crippen molar-refractivity contribution >= 4 is 34.3 Å². The molecule has 0 radical (unpaired) electrons. The van der Waals surface area contributed by atoms with Crippen LogP contribution in [-0.2, 0) is 30.3 Å². The number of ketones is 1. The Balaban J connectivity index is 2.07. The second kappa shape index (κ2) is 22.1. The van der Waals surface area contributed by atoms with Gasteiger partial charge < -0.3 is 45.3 Å². The summed E-state index contributed by atoms with van der Waals surface area (Å²) in [6.45, 7) is 11.2. The van der Waals surface area contributed by atoms with E-state index in [-0.39, 0.29) is 24.7 Å². The van der Waals surface area contributed by atoms with Crippen molar-refractivity contribution in [3.05, 3.63) is 57.2 Å². The maximum Gasteiger partial charge on any atom is 0.308 e. The van der Waals surface area contributed by atoms with Crippen LogP contribution in [0.5, 0.6) is 0 Å². The first-order valence-corrected chi connectivity index (χ1v) is 20.1. The molecule has 1 saturated heterocycles. The number of carbonyl (C=O) groups excluding carboxylic acids is 2. The van der Waals surface area contributed by atoms with E-state index in [4.69, 9.17) is 19.9 Å². The number of halogens is 1. The summed E-state index contributed by atoms with van der Waals surface area (Å²) < 4.78 is 19.8. The number of rotatable bonds is 12.